The van der Waals surface area contributed by atoms with E-state index >= 15 is 0 Å². The standard InChI is InChI=1S/C6H7ClF3NO2/c7-5(11-12)3-1-4(2-3)13-6(8,9)10/h3-4,12H,1-2H2/b11-5-/t3-,4+. The summed E-state index contributed by atoms with van der Waals surface area (Å²) in [7, 11) is 0. The van der Waals surface area contributed by atoms with Crippen molar-refractivity contribution in [3.63, 3.8) is 0 Å². The molecule has 0 radical (unpaired) electrons. The number of halogens is 4. The van der Waals surface area contributed by atoms with Crippen LogP contribution >= 0.6 is 11.6 Å². The predicted molar refractivity (Wildman–Crippen MR) is 38.7 cm³/mol. The molecule has 0 aromatic carbocycles. The molecule has 0 aromatic heterocycles. The van der Waals surface area contributed by atoms with Crippen molar-refractivity contribution < 1.29 is 23.1 Å². The largest absolute Gasteiger partial charge is 0.522 e. The van der Waals surface area contributed by atoms with Crippen LogP contribution in [0.15, 0.2) is 5.16 Å². The molecule has 3 nitrogen and oxygen atoms in total. The van der Waals surface area contributed by atoms with Crippen LogP contribution in [0.5, 0.6) is 0 Å². The fourth-order valence-corrected chi connectivity index (χ4v) is 1.31. The van der Waals surface area contributed by atoms with E-state index in [0.29, 0.717) is 0 Å². The summed E-state index contributed by atoms with van der Waals surface area (Å²) in [5, 5.41) is 10.8. The fraction of sp³-hybridized carbons (Fsp3) is 0.833. The van der Waals surface area contributed by atoms with Crippen LogP contribution < -0.4 is 0 Å². The van der Waals surface area contributed by atoms with Crippen LogP contribution in [0.2, 0.25) is 0 Å². The van der Waals surface area contributed by atoms with Gasteiger partial charge < -0.3 is 5.21 Å². The first-order valence-corrected chi connectivity index (χ1v) is 3.92. The summed E-state index contributed by atoms with van der Waals surface area (Å²) in [6, 6.07) is 0. The van der Waals surface area contributed by atoms with Gasteiger partial charge in [0.15, 0.2) is 0 Å². The van der Waals surface area contributed by atoms with Gasteiger partial charge in [0.05, 0.1) is 6.10 Å². The molecule has 0 spiro atoms. The molecule has 0 aromatic rings. The third-order valence-corrected chi connectivity index (χ3v) is 2.21. The minimum Gasteiger partial charge on any atom is -0.410 e. The second-order valence-electron chi connectivity index (χ2n) is 2.78. The molecule has 0 amide bonds. The average Bonchev–Trinajstić information content (AvgIpc) is 1.92. The van der Waals surface area contributed by atoms with E-state index in [-0.39, 0.29) is 23.9 Å². The van der Waals surface area contributed by atoms with E-state index in [4.69, 9.17) is 16.8 Å². The number of oxime groups is 1. The van der Waals surface area contributed by atoms with E-state index in [9.17, 15) is 13.2 Å². The normalized spacial score (nSPS) is 30.0. The van der Waals surface area contributed by atoms with Gasteiger partial charge in [0, 0.05) is 5.92 Å². The number of ether oxygens (including phenoxy) is 1. The average molecular weight is 218 g/mol. The molecule has 1 rings (SSSR count). The Bertz CT molecular complexity index is 212. The van der Waals surface area contributed by atoms with Crippen molar-refractivity contribution in [2.45, 2.75) is 25.3 Å². The highest BCUT2D eigenvalue weighted by Crippen LogP contribution is 2.36. The molecule has 0 saturated heterocycles. The second-order valence-corrected chi connectivity index (χ2v) is 3.16. The first kappa shape index (κ1) is 10.6. The van der Waals surface area contributed by atoms with Crippen LogP contribution in [-0.4, -0.2) is 22.8 Å². The van der Waals surface area contributed by atoms with Gasteiger partial charge in [0.25, 0.3) is 0 Å². The van der Waals surface area contributed by atoms with Gasteiger partial charge in [0.2, 0.25) is 0 Å². The van der Waals surface area contributed by atoms with E-state index in [1.54, 1.807) is 0 Å². The van der Waals surface area contributed by atoms with Gasteiger partial charge in [-0.15, -0.1) is 13.2 Å². The monoisotopic (exact) mass is 217 g/mol. The third-order valence-electron chi connectivity index (χ3n) is 1.83. The van der Waals surface area contributed by atoms with Gasteiger partial charge in [-0.05, 0) is 12.8 Å². The molecule has 7 heteroatoms. The highest BCUT2D eigenvalue weighted by atomic mass is 35.5. The number of hydrogen-bond acceptors (Lipinski definition) is 3. The van der Waals surface area contributed by atoms with Gasteiger partial charge in [-0.25, -0.2) is 0 Å². The SMILES string of the molecule is O/N=C(\Cl)[C@H]1C[C@@H](OC(F)(F)F)C1. The van der Waals surface area contributed by atoms with E-state index < -0.39 is 12.5 Å². The summed E-state index contributed by atoms with van der Waals surface area (Å²) in [6.45, 7) is 0. The molecule has 0 heterocycles. The van der Waals surface area contributed by atoms with Crippen LogP contribution in [0.25, 0.3) is 0 Å². The molecule has 0 bridgehead atoms. The van der Waals surface area contributed by atoms with Crippen LogP contribution in [0.3, 0.4) is 0 Å². The molecule has 1 aliphatic carbocycles. The molecule has 0 unspecified atom stereocenters. The Morgan fingerprint density at radius 1 is 1.46 bits per heavy atom. The summed E-state index contributed by atoms with van der Waals surface area (Å²) in [5.41, 5.74) is 0. The Balaban J connectivity index is 2.27. The first-order chi connectivity index (χ1) is 5.92. The summed E-state index contributed by atoms with van der Waals surface area (Å²) in [4.78, 5) is 0. The molecular formula is C6H7ClF3NO2. The Morgan fingerprint density at radius 2 is 2.00 bits per heavy atom. The van der Waals surface area contributed by atoms with Crippen molar-refractivity contribution in [1.82, 2.24) is 0 Å². The third kappa shape index (κ3) is 3.04. The highest BCUT2D eigenvalue weighted by molar-refractivity contribution is 6.65. The van der Waals surface area contributed by atoms with Crippen molar-refractivity contribution >= 4 is 16.8 Å². The molecule has 0 aliphatic heterocycles. The molecule has 1 saturated carbocycles. The van der Waals surface area contributed by atoms with Crippen LogP contribution in [0.4, 0.5) is 13.2 Å². The molecule has 13 heavy (non-hydrogen) atoms. The predicted octanol–water partition coefficient (Wildman–Crippen LogP) is 2.33. The zero-order valence-corrected chi connectivity index (χ0v) is 7.14. The topological polar surface area (TPSA) is 41.8 Å². The lowest BCUT2D eigenvalue weighted by atomic mass is 9.83. The summed E-state index contributed by atoms with van der Waals surface area (Å²) in [5.74, 6) is -0.306. The minimum atomic E-state index is -4.60. The maximum atomic E-state index is 11.6. The fourth-order valence-electron chi connectivity index (χ4n) is 1.13. The number of alkyl halides is 3. The van der Waals surface area contributed by atoms with Crippen molar-refractivity contribution in [3.05, 3.63) is 0 Å². The summed E-state index contributed by atoms with van der Waals surface area (Å²) in [6.07, 6.45) is -5.18. The molecule has 1 aliphatic rings. The summed E-state index contributed by atoms with van der Waals surface area (Å²) >= 11 is 5.37. The van der Waals surface area contributed by atoms with Crippen molar-refractivity contribution in [2.24, 2.45) is 11.1 Å². The second kappa shape index (κ2) is 3.71. The summed E-state index contributed by atoms with van der Waals surface area (Å²) < 4.78 is 38.5. The first-order valence-electron chi connectivity index (χ1n) is 3.54. The Hall–Kier alpha value is -0.490. The quantitative estimate of drug-likeness (QED) is 0.438. The molecule has 1 N–H and O–H groups in total. The van der Waals surface area contributed by atoms with Crippen molar-refractivity contribution in [2.75, 3.05) is 0 Å². The van der Waals surface area contributed by atoms with E-state index in [1.165, 1.54) is 0 Å². The van der Waals surface area contributed by atoms with Gasteiger partial charge in [-0.2, -0.15) is 0 Å². The molecule has 0 atom stereocenters. The van der Waals surface area contributed by atoms with Crippen LogP contribution in [-0.2, 0) is 4.74 Å². The van der Waals surface area contributed by atoms with E-state index in [0.717, 1.165) is 0 Å². The molecular weight excluding hydrogens is 211 g/mol. The maximum Gasteiger partial charge on any atom is 0.522 e. The Morgan fingerprint density at radius 3 is 2.38 bits per heavy atom. The van der Waals surface area contributed by atoms with Crippen LogP contribution in [0, 0.1) is 5.92 Å². The number of nitrogens with zero attached hydrogens (tertiary/aromatic N) is 1. The molecule has 1 fully saturated rings. The van der Waals surface area contributed by atoms with Gasteiger partial charge in [-0.3, -0.25) is 4.74 Å². The maximum absolute atomic E-state index is 11.6. The van der Waals surface area contributed by atoms with E-state index in [2.05, 4.69) is 9.89 Å². The van der Waals surface area contributed by atoms with Crippen molar-refractivity contribution in [3.8, 4) is 0 Å². The smallest absolute Gasteiger partial charge is 0.410 e. The Kier molecular flexibility index (Phi) is 3.02. The van der Waals surface area contributed by atoms with E-state index in [1.807, 2.05) is 0 Å². The zero-order chi connectivity index (χ0) is 10.1. The van der Waals surface area contributed by atoms with Crippen LogP contribution in [0.1, 0.15) is 12.8 Å². The number of hydrogen-bond donors (Lipinski definition) is 1. The highest BCUT2D eigenvalue weighted by Gasteiger charge is 2.41. The van der Waals surface area contributed by atoms with Gasteiger partial charge in [0.1, 0.15) is 5.17 Å². The number of rotatable bonds is 2. The minimum absolute atomic E-state index is 0.0676. The molecule has 76 valence electrons. The van der Waals surface area contributed by atoms with Gasteiger partial charge in [-0.1, -0.05) is 16.8 Å². The zero-order valence-electron chi connectivity index (χ0n) is 6.38. The van der Waals surface area contributed by atoms with Gasteiger partial charge >= 0.3 is 6.36 Å². The lowest BCUT2D eigenvalue weighted by Gasteiger charge is -2.33. The van der Waals surface area contributed by atoms with Crippen molar-refractivity contribution in [1.29, 1.82) is 0 Å². The lowest BCUT2D eigenvalue weighted by molar-refractivity contribution is -0.352. The lowest BCUT2D eigenvalue weighted by Crippen LogP contribution is -2.38. The Labute approximate surface area is 77.1 Å².